The molecule has 4 heteroatoms. The summed E-state index contributed by atoms with van der Waals surface area (Å²) in [6.45, 7) is 5.98. The van der Waals surface area contributed by atoms with Crippen LogP contribution in [-0.4, -0.2) is 22.1 Å². The highest BCUT2D eigenvalue weighted by atomic mass is 32.2. The zero-order valence-electron chi connectivity index (χ0n) is 12.1. The number of aryl methyl sites for hydroxylation is 1. The van der Waals surface area contributed by atoms with E-state index >= 15 is 0 Å². The fraction of sp³-hybridized carbons (Fsp3) is 0.375. The van der Waals surface area contributed by atoms with E-state index < -0.39 is 0 Å². The molecular formula is C16H19NO2S. The molecule has 2 amide bonds. The van der Waals surface area contributed by atoms with Crippen molar-refractivity contribution < 1.29 is 9.59 Å². The summed E-state index contributed by atoms with van der Waals surface area (Å²) < 4.78 is 0. The molecule has 1 heterocycles. The molecule has 2 rings (SSSR count). The molecule has 0 aromatic heterocycles. The van der Waals surface area contributed by atoms with Gasteiger partial charge >= 0.3 is 0 Å². The Bertz CT molecular complexity index is 548. The average Bonchev–Trinajstić information content (AvgIpc) is 2.73. The van der Waals surface area contributed by atoms with Crippen LogP contribution in [-0.2, 0) is 11.2 Å². The topological polar surface area (TPSA) is 37.4 Å². The number of imide groups is 1. The molecule has 1 aromatic rings. The molecule has 1 atom stereocenters. The molecule has 1 fully saturated rings. The van der Waals surface area contributed by atoms with Crippen molar-refractivity contribution in [3.05, 3.63) is 40.3 Å². The van der Waals surface area contributed by atoms with Crippen LogP contribution in [0.4, 0.5) is 4.79 Å². The summed E-state index contributed by atoms with van der Waals surface area (Å²) in [5.41, 5.74) is 2.21. The zero-order chi connectivity index (χ0) is 14.7. The van der Waals surface area contributed by atoms with Crippen LogP contribution in [0.15, 0.2) is 29.2 Å². The fourth-order valence-corrected chi connectivity index (χ4v) is 2.97. The van der Waals surface area contributed by atoms with Crippen molar-refractivity contribution in [3.8, 4) is 0 Å². The van der Waals surface area contributed by atoms with Crippen molar-refractivity contribution in [1.82, 2.24) is 4.90 Å². The molecule has 1 aromatic carbocycles. The monoisotopic (exact) mass is 289 g/mol. The van der Waals surface area contributed by atoms with Crippen molar-refractivity contribution in [3.63, 3.8) is 0 Å². The van der Waals surface area contributed by atoms with Gasteiger partial charge in [0.05, 0.1) is 4.91 Å². The van der Waals surface area contributed by atoms with Crippen molar-refractivity contribution in [2.75, 3.05) is 0 Å². The maximum Gasteiger partial charge on any atom is 0.293 e. The van der Waals surface area contributed by atoms with Gasteiger partial charge in [0.25, 0.3) is 11.1 Å². The number of carbonyl (C=O) groups excluding carboxylic acids is 2. The third-order valence-corrected chi connectivity index (χ3v) is 4.42. The molecular weight excluding hydrogens is 270 g/mol. The van der Waals surface area contributed by atoms with Crippen LogP contribution in [0.5, 0.6) is 0 Å². The maximum atomic E-state index is 12.3. The van der Waals surface area contributed by atoms with Gasteiger partial charge in [-0.1, -0.05) is 38.1 Å². The van der Waals surface area contributed by atoms with E-state index in [1.807, 2.05) is 38.1 Å². The number of thioether (sulfide) groups is 1. The number of rotatable bonds is 4. The minimum absolute atomic E-state index is 0.0455. The summed E-state index contributed by atoms with van der Waals surface area (Å²) >= 11 is 1.03. The lowest BCUT2D eigenvalue weighted by Gasteiger charge is -2.19. The highest BCUT2D eigenvalue weighted by Gasteiger charge is 2.37. The van der Waals surface area contributed by atoms with Crippen molar-refractivity contribution in [1.29, 1.82) is 0 Å². The number of benzene rings is 1. The molecule has 0 N–H and O–H groups in total. The molecule has 3 nitrogen and oxygen atoms in total. The Morgan fingerprint density at radius 3 is 2.40 bits per heavy atom. The molecule has 0 unspecified atom stereocenters. The quantitative estimate of drug-likeness (QED) is 0.784. The highest BCUT2D eigenvalue weighted by Crippen LogP contribution is 2.34. The summed E-state index contributed by atoms with van der Waals surface area (Å²) in [5, 5.41) is -0.166. The largest absolute Gasteiger partial charge is 0.293 e. The molecule has 0 radical (unpaired) electrons. The van der Waals surface area contributed by atoms with Crippen LogP contribution in [0.25, 0.3) is 6.08 Å². The molecule has 0 saturated carbocycles. The number of amides is 2. The normalized spacial score (nSPS) is 18.9. The molecule has 106 valence electrons. The van der Waals surface area contributed by atoms with E-state index in [1.165, 1.54) is 10.5 Å². The second kappa shape index (κ2) is 6.27. The van der Waals surface area contributed by atoms with Crippen LogP contribution in [0.2, 0.25) is 0 Å². The Hall–Kier alpha value is -1.55. The lowest BCUT2D eigenvalue weighted by Crippen LogP contribution is -2.36. The number of carbonyl (C=O) groups is 2. The van der Waals surface area contributed by atoms with E-state index in [2.05, 4.69) is 6.92 Å². The first-order valence-electron chi connectivity index (χ1n) is 6.92. The van der Waals surface area contributed by atoms with Gasteiger partial charge in [-0.25, -0.2) is 0 Å². The van der Waals surface area contributed by atoms with Crippen LogP contribution >= 0.6 is 11.8 Å². The first-order chi connectivity index (χ1) is 9.56. The second-order valence-electron chi connectivity index (χ2n) is 4.90. The van der Waals surface area contributed by atoms with Gasteiger partial charge < -0.3 is 0 Å². The van der Waals surface area contributed by atoms with Gasteiger partial charge in [0.1, 0.15) is 0 Å². The Labute approximate surface area is 124 Å². The molecule has 20 heavy (non-hydrogen) atoms. The first kappa shape index (κ1) is 14.9. The fourth-order valence-electron chi connectivity index (χ4n) is 2.04. The van der Waals surface area contributed by atoms with Gasteiger partial charge in [0.2, 0.25) is 0 Å². The van der Waals surface area contributed by atoms with E-state index in [1.54, 1.807) is 6.08 Å². The summed E-state index contributed by atoms with van der Waals surface area (Å²) in [7, 11) is 0. The van der Waals surface area contributed by atoms with Gasteiger partial charge in [-0.05, 0) is 48.7 Å². The summed E-state index contributed by atoms with van der Waals surface area (Å²) in [4.78, 5) is 26.0. The Morgan fingerprint density at radius 2 is 1.85 bits per heavy atom. The molecule has 0 aliphatic carbocycles. The van der Waals surface area contributed by atoms with E-state index in [4.69, 9.17) is 0 Å². The predicted octanol–water partition coefficient (Wildman–Crippen LogP) is 4.08. The minimum Gasteiger partial charge on any atom is -0.268 e. The van der Waals surface area contributed by atoms with Crippen molar-refractivity contribution >= 4 is 29.0 Å². The minimum atomic E-state index is -0.172. The number of nitrogens with zero attached hydrogens (tertiary/aromatic N) is 1. The van der Waals surface area contributed by atoms with Crippen LogP contribution < -0.4 is 0 Å². The Balaban J connectivity index is 2.22. The van der Waals surface area contributed by atoms with E-state index in [-0.39, 0.29) is 17.2 Å². The van der Waals surface area contributed by atoms with Gasteiger partial charge in [0.15, 0.2) is 0 Å². The summed E-state index contributed by atoms with van der Waals surface area (Å²) in [6, 6.07) is 8.01. The SMILES string of the molecule is CCc1ccc(/C=C2/SC(=O)N([C@@H](C)CC)C2=O)cc1. The molecule has 1 aliphatic rings. The van der Waals surface area contributed by atoms with Gasteiger partial charge in [-0.15, -0.1) is 0 Å². The second-order valence-corrected chi connectivity index (χ2v) is 5.90. The van der Waals surface area contributed by atoms with Crippen LogP contribution in [0.3, 0.4) is 0 Å². The van der Waals surface area contributed by atoms with Crippen LogP contribution in [0, 0.1) is 0 Å². The zero-order valence-corrected chi connectivity index (χ0v) is 12.9. The highest BCUT2D eigenvalue weighted by molar-refractivity contribution is 8.18. The summed E-state index contributed by atoms with van der Waals surface area (Å²) in [6.07, 6.45) is 3.56. The summed E-state index contributed by atoms with van der Waals surface area (Å²) in [5.74, 6) is -0.172. The van der Waals surface area contributed by atoms with E-state index in [9.17, 15) is 9.59 Å². The Kier molecular flexibility index (Phi) is 4.65. The smallest absolute Gasteiger partial charge is 0.268 e. The number of hydrogen-bond donors (Lipinski definition) is 0. The lowest BCUT2D eigenvalue weighted by atomic mass is 10.1. The van der Waals surface area contributed by atoms with Gasteiger partial charge in [0, 0.05) is 6.04 Å². The average molecular weight is 289 g/mol. The van der Waals surface area contributed by atoms with Crippen molar-refractivity contribution in [2.45, 2.75) is 39.7 Å². The van der Waals surface area contributed by atoms with E-state index in [0.717, 1.165) is 30.2 Å². The van der Waals surface area contributed by atoms with Gasteiger partial charge in [-0.2, -0.15) is 0 Å². The maximum absolute atomic E-state index is 12.3. The standard InChI is InChI=1S/C16H19NO2S/c1-4-11(3)17-15(18)14(20-16(17)19)10-13-8-6-12(5-2)7-9-13/h6-11H,4-5H2,1-3H3/b14-10+/t11-/m0/s1. The molecule has 0 bridgehead atoms. The van der Waals surface area contributed by atoms with E-state index in [0.29, 0.717) is 4.91 Å². The Morgan fingerprint density at radius 1 is 1.20 bits per heavy atom. The molecule has 0 spiro atoms. The third-order valence-electron chi connectivity index (χ3n) is 3.54. The first-order valence-corrected chi connectivity index (χ1v) is 7.74. The molecule has 1 aliphatic heterocycles. The van der Waals surface area contributed by atoms with Crippen LogP contribution in [0.1, 0.15) is 38.3 Å². The lowest BCUT2D eigenvalue weighted by molar-refractivity contribution is -0.124. The number of hydrogen-bond acceptors (Lipinski definition) is 3. The predicted molar refractivity (Wildman–Crippen MR) is 83.4 cm³/mol. The van der Waals surface area contributed by atoms with Crippen molar-refractivity contribution in [2.24, 2.45) is 0 Å². The van der Waals surface area contributed by atoms with Gasteiger partial charge in [-0.3, -0.25) is 14.5 Å². The molecule has 1 saturated heterocycles. The third kappa shape index (κ3) is 2.96.